The first kappa shape index (κ1) is 11.0. The third kappa shape index (κ3) is 4.83. The van der Waals surface area contributed by atoms with Gasteiger partial charge in [0.1, 0.15) is 0 Å². The lowest BCUT2D eigenvalue weighted by Crippen LogP contribution is -2.09. The molecule has 0 unspecified atom stereocenters. The first-order chi connectivity index (χ1) is 6.79. The number of hydrogen-bond acceptors (Lipinski definition) is 1. The molecule has 1 rings (SSSR count). The van der Waals surface area contributed by atoms with Gasteiger partial charge in [0.05, 0.1) is 0 Å². The molecule has 0 radical (unpaired) electrons. The summed E-state index contributed by atoms with van der Waals surface area (Å²) in [6.07, 6.45) is 7.71. The molecule has 0 aliphatic rings. The second-order valence-corrected chi connectivity index (χ2v) is 3.67. The Balaban J connectivity index is 2.16. The largest absolute Gasteiger partial charge is 0.325 e. The molecule has 0 bridgehead atoms. The van der Waals surface area contributed by atoms with E-state index in [-0.39, 0.29) is 6.04 Å². The van der Waals surface area contributed by atoms with Crippen molar-refractivity contribution in [3.63, 3.8) is 0 Å². The summed E-state index contributed by atoms with van der Waals surface area (Å²) in [5.41, 5.74) is 7.02. The van der Waals surface area contributed by atoms with Crippen molar-refractivity contribution in [2.45, 2.75) is 32.2 Å². The molecule has 0 saturated carbocycles. The highest BCUT2D eigenvalue weighted by atomic mass is 14.6. The molecule has 1 aromatic rings. The van der Waals surface area contributed by atoms with Crippen LogP contribution in [0.3, 0.4) is 0 Å². The van der Waals surface area contributed by atoms with Gasteiger partial charge in [-0.3, -0.25) is 0 Å². The van der Waals surface area contributed by atoms with E-state index >= 15 is 0 Å². The summed E-state index contributed by atoms with van der Waals surface area (Å²) in [6.45, 7) is 1.99. The van der Waals surface area contributed by atoms with Gasteiger partial charge in [0, 0.05) is 6.04 Å². The molecule has 0 saturated heterocycles. The lowest BCUT2D eigenvalue weighted by molar-refractivity contribution is 0.831. The number of allylic oxidation sites excluding steroid dienone is 1. The maximum atomic E-state index is 5.60. The average molecular weight is 189 g/mol. The average Bonchev–Trinajstić information content (AvgIpc) is 2.18. The van der Waals surface area contributed by atoms with Crippen LogP contribution in [0.4, 0.5) is 0 Å². The predicted molar refractivity (Wildman–Crippen MR) is 62.2 cm³/mol. The highest BCUT2D eigenvalue weighted by Gasteiger charge is 1.90. The minimum absolute atomic E-state index is 0.187. The number of aryl methyl sites for hydroxylation is 1. The molecular formula is C13H19N. The molecule has 2 N–H and O–H groups in total. The maximum Gasteiger partial charge on any atom is 0.0194 e. The van der Waals surface area contributed by atoms with Crippen molar-refractivity contribution in [2.24, 2.45) is 5.73 Å². The van der Waals surface area contributed by atoms with E-state index in [0.29, 0.717) is 0 Å². The zero-order valence-electron chi connectivity index (χ0n) is 8.82. The fourth-order valence-electron chi connectivity index (χ4n) is 1.38. The molecule has 0 spiro atoms. The predicted octanol–water partition coefficient (Wildman–Crippen LogP) is 2.91. The Bertz CT molecular complexity index is 262. The monoisotopic (exact) mass is 189 g/mol. The van der Waals surface area contributed by atoms with Gasteiger partial charge in [-0.15, -0.1) is 0 Å². The summed E-state index contributed by atoms with van der Waals surface area (Å²) in [6, 6.07) is 10.8. The van der Waals surface area contributed by atoms with E-state index in [2.05, 4.69) is 42.5 Å². The van der Waals surface area contributed by atoms with Crippen molar-refractivity contribution in [3.8, 4) is 0 Å². The molecule has 1 atom stereocenters. The summed E-state index contributed by atoms with van der Waals surface area (Å²) in [7, 11) is 0. The summed E-state index contributed by atoms with van der Waals surface area (Å²) < 4.78 is 0. The molecule has 0 amide bonds. The van der Waals surface area contributed by atoms with Crippen LogP contribution in [-0.4, -0.2) is 6.04 Å². The third-order valence-electron chi connectivity index (χ3n) is 2.12. The third-order valence-corrected chi connectivity index (χ3v) is 2.12. The van der Waals surface area contributed by atoms with Gasteiger partial charge in [-0.1, -0.05) is 42.5 Å². The number of benzene rings is 1. The van der Waals surface area contributed by atoms with Crippen molar-refractivity contribution in [3.05, 3.63) is 48.0 Å². The Hall–Kier alpha value is -1.08. The van der Waals surface area contributed by atoms with E-state index in [9.17, 15) is 0 Å². The van der Waals surface area contributed by atoms with Gasteiger partial charge < -0.3 is 5.73 Å². The van der Waals surface area contributed by atoms with E-state index in [0.717, 1.165) is 12.8 Å². The summed E-state index contributed by atoms with van der Waals surface area (Å²) in [5.74, 6) is 0. The molecule has 0 aliphatic carbocycles. The Morgan fingerprint density at radius 1 is 1.29 bits per heavy atom. The van der Waals surface area contributed by atoms with Gasteiger partial charge >= 0.3 is 0 Å². The molecule has 0 heterocycles. The first-order valence-electron chi connectivity index (χ1n) is 5.25. The number of nitrogens with two attached hydrogens (primary N) is 1. The van der Waals surface area contributed by atoms with Crippen LogP contribution in [0.2, 0.25) is 0 Å². The normalized spacial score (nSPS) is 13.3. The zero-order chi connectivity index (χ0) is 10.2. The van der Waals surface area contributed by atoms with E-state index in [1.165, 1.54) is 12.0 Å². The lowest BCUT2D eigenvalue weighted by atomic mass is 10.1. The molecule has 0 fully saturated rings. The van der Waals surface area contributed by atoms with Gasteiger partial charge in [0.2, 0.25) is 0 Å². The maximum absolute atomic E-state index is 5.60. The fourth-order valence-corrected chi connectivity index (χ4v) is 1.38. The molecule has 0 aliphatic heterocycles. The summed E-state index contributed by atoms with van der Waals surface area (Å²) in [5, 5.41) is 0. The van der Waals surface area contributed by atoms with Crippen LogP contribution in [0.5, 0.6) is 0 Å². The number of rotatable bonds is 5. The SMILES string of the molecule is C[C@H](N)/C=C/CCCc1ccccc1. The topological polar surface area (TPSA) is 26.0 Å². The Kier molecular flexibility index (Phi) is 5.02. The molecule has 1 heteroatoms. The van der Waals surface area contributed by atoms with Crippen molar-refractivity contribution in [2.75, 3.05) is 0 Å². The van der Waals surface area contributed by atoms with Crippen molar-refractivity contribution in [1.29, 1.82) is 0 Å². The Morgan fingerprint density at radius 3 is 2.64 bits per heavy atom. The van der Waals surface area contributed by atoms with Crippen LogP contribution in [0.15, 0.2) is 42.5 Å². The van der Waals surface area contributed by atoms with Gasteiger partial charge in [0.15, 0.2) is 0 Å². The second kappa shape index (κ2) is 6.39. The second-order valence-electron chi connectivity index (χ2n) is 3.67. The first-order valence-corrected chi connectivity index (χ1v) is 5.25. The van der Waals surface area contributed by atoms with Crippen LogP contribution in [0, 0.1) is 0 Å². The van der Waals surface area contributed by atoms with Crippen LogP contribution in [0.25, 0.3) is 0 Å². The van der Waals surface area contributed by atoms with Crippen molar-refractivity contribution in [1.82, 2.24) is 0 Å². The number of unbranched alkanes of at least 4 members (excludes halogenated alkanes) is 1. The van der Waals surface area contributed by atoms with Crippen LogP contribution in [-0.2, 0) is 6.42 Å². The minimum atomic E-state index is 0.187. The Labute approximate surface area is 86.6 Å². The minimum Gasteiger partial charge on any atom is -0.325 e. The van der Waals surface area contributed by atoms with Gasteiger partial charge in [-0.05, 0) is 31.7 Å². The van der Waals surface area contributed by atoms with Gasteiger partial charge in [-0.2, -0.15) is 0 Å². The Morgan fingerprint density at radius 2 is 2.00 bits per heavy atom. The molecule has 1 nitrogen and oxygen atoms in total. The number of hydrogen-bond donors (Lipinski definition) is 1. The van der Waals surface area contributed by atoms with E-state index in [1.54, 1.807) is 0 Å². The smallest absolute Gasteiger partial charge is 0.0194 e. The standard InChI is InChI=1S/C13H19N/c1-12(14)8-4-2-5-9-13-10-6-3-7-11-13/h3-4,6-8,10-12H,2,5,9,14H2,1H3/b8-4+/t12-/m0/s1. The van der Waals surface area contributed by atoms with E-state index in [4.69, 9.17) is 5.73 Å². The molecule has 76 valence electrons. The van der Waals surface area contributed by atoms with Gasteiger partial charge in [-0.25, -0.2) is 0 Å². The fraction of sp³-hybridized carbons (Fsp3) is 0.385. The highest BCUT2D eigenvalue weighted by molar-refractivity contribution is 5.14. The quantitative estimate of drug-likeness (QED) is 0.559. The van der Waals surface area contributed by atoms with Gasteiger partial charge in [0.25, 0.3) is 0 Å². The summed E-state index contributed by atoms with van der Waals surface area (Å²) >= 11 is 0. The molecular weight excluding hydrogens is 170 g/mol. The lowest BCUT2D eigenvalue weighted by Gasteiger charge is -1.98. The van der Waals surface area contributed by atoms with Crippen LogP contribution >= 0.6 is 0 Å². The summed E-state index contributed by atoms with van der Waals surface area (Å²) in [4.78, 5) is 0. The van der Waals surface area contributed by atoms with Crippen LogP contribution in [0.1, 0.15) is 25.3 Å². The highest BCUT2D eigenvalue weighted by Crippen LogP contribution is 2.04. The zero-order valence-corrected chi connectivity index (χ0v) is 8.82. The van der Waals surface area contributed by atoms with Crippen molar-refractivity contribution >= 4 is 0 Å². The van der Waals surface area contributed by atoms with Crippen LogP contribution < -0.4 is 5.73 Å². The van der Waals surface area contributed by atoms with E-state index < -0.39 is 0 Å². The van der Waals surface area contributed by atoms with Crippen molar-refractivity contribution < 1.29 is 0 Å². The molecule has 0 aromatic heterocycles. The molecule has 14 heavy (non-hydrogen) atoms. The van der Waals surface area contributed by atoms with E-state index in [1.807, 2.05) is 6.92 Å². The molecule has 1 aromatic carbocycles.